The van der Waals surface area contributed by atoms with E-state index >= 15 is 0 Å². The number of fused-ring (bicyclic) bond motifs is 7. The second-order valence-corrected chi connectivity index (χ2v) is 16.5. The summed E-state index contributed by atoms with van der Waals surface area (Å²) >= 11 is 1.79. The van der Waals surface area contributed by atoms with Gasteiger partial charge >= 0.3 is 0 Å². The third-order valence-corrected chi connectivity index (χ3v) is 12.8. The summed E-state index contributed by atoms with van der Waals surface area (Å²) in [4.78, 5) is 17.4. The molecule has 0 fully saturated rings. The third kappa shape index (κ3) is 4.93. The Labute approximate surface area is 339 Å². The van der Waals surface area contributed by atoms with Crippen LogP contribution in [0.2, 0.25) is 0 Å². The minimum absolute atomic E-state index is 0.207. The molecule has 0 amide bonds. The molecule has 0 spiro atoms. The van der Waals surface area contributed by atoms with Crippen molar-refractivity contribution in [1.29, 1.82) is 0 Å². The van der Waals surface area contributed by atoms with Crippen LogP contribution in [0.3, 0.4) is 0 Å². The SMILES string of the molecule is CC1(C)c2ccccc2N(c2cc(-c3nc4ccccc4o3)c3cc(N4c5ccccc5Sc5ccccc54)cc(-c4nc5ccccc5o4)c3c2)c2ccccc21. The van der Waals surface area contributed by atoms with E-state index in [4.69, 9.17) is 18.8 Å². The first-order chi connectivity index (χ1) is 28.5. The van der Waals surface area contributed by atoms with Crippen molar-refractivity contribution >= 4 is 78.9 Å². The number of hydrogen-bond donors (Lipinski definition) is 0. The predicted octanol–water partition coefficient (Wildman–Crippen LogP) is 14.5. The molecule has 8 aromatic carbocycles. The summed E-state index contributed by atoms with van der Waals surface area (Å²) in [5, 5.41) is 1.94. The highest BCUT2D eigenvalue weighted by Gasteiger charge is 2.37. The Morgan fingerprint density at radius 3 is 1.33 bits per heavy atom. The largest absolute Gasteiger partial charge is 0.436 e. The lowest BCUT2D eigenvalue weighted by atomic mass is 9.73. The van der Waals surface area contributed by atoms with Crippen molar-refractivity contribution in [2.24, 2.45) is 0 Å². The van der Waals surface area contributed by atoms with Gasteiger partial charge in [0.15, 0.2) is 11.2 Å². The van der Waals surface area contributed by atoms with Gasteiger partial charge in [-0.2, -0.15) is 0 Å². The van der Waals surface area contributed by atoms with Crippen LogP contribution in [0.25, 0.3) is 55.9 Å². The van der Waals surface area contributed by atoms with Gasteiger partial charge in [0.25, 0.3) is 0 Å². The predicted molar refractivity (Wildman–Crippen MR) is 236 cm³/mol. The molecule has 10 aromatic rings. The number of para-hydroxylation sites is 8. The van der Waals surface area contributed by atoms with E-state index in [-0.39, 0.29) is 5.41 Å². The molecule has 0 bridgehead atoms. The maximum Gasteiger partial charge on any atom is 0.228 e. The lowest BCUT2D eigenvalue weighted by Crippen LogP contribution is -2.30. The normalized spacial score (nSPS) is 14.0. The van der Waals surface area contributed by atoms with Crippen LogP contribution in [0.15, 0.2) is 188 Å². The summed E-state index contributed by atoms with van der Waals surface area (Å²) in [6, 6.07) is 59.7. The summed E-state index contributed by atoms with van der Waals surface area (Å²) in [6.45, 7) is 4.63. The van der Waals surface area contributed by atoms with E-state index in [1.165, 1.54) is 20.9 Å². The molecule has 7 heteroatoms. The van der Waals surface area contributed by atoms with Gasteiger partial charge in [0.05, 0.1) is 22.7 Å². The van der Waals surface area contributed by atoms with Crippen molar-refractivity contribution in [2.45, 2.75) is 29.1 Å². The second-order valence-electron chi connectivity index (χ2n) is 15.4. The van der Waals surface area contributed by atoms with Gasteiger partial charge in [-0.25, -0.2) is 9.97 Å². The lowest BCUT2D eigenvalue weighted by molar-refractivity contribution is 0.619. The Kier molecular flexibility index (Phi) is 7.10. The van der Waals surface area contributed by atoms with Crippen LogP contribution in [-0.2, 0) is 5.41 Å². The summed E-state index contributed by atoms with van der Waals surface area (Å²) in [5.41, 5.74) is 13.6. The number of anilines is 6. The van der Waals surface area contributed by atoms with Crippen LogP contribution in [0, 0.1) is 0 Å². The van der Waals surface area contributed by atoms with Crippen LogP contribution in [0.4, 0.5) is 34.1 Å². The molecule has 0 unspecified atom stereocenters. The highest BCUT2D eigenvalue weighted by Crippen LogP contribution is 2.55. The van der Waals surface area contributed by atoms with Gasteiger partial charge in [-0.05, 0) is 107 Å². The molecule has 2 aliphatic rings. The molecule has 58 heavy (non-hydrogen) atoms. The highest BCUT2D eigenvalue weighted by atomic mass is 32.2. The topological polar surface area (TPSA) is 58.5 Å². The molecular formula is C51H34N4O2S. The molecule has 12 rings (SSSR count). The van der Waals surface area contributed by atoms with Gasteiger partial charge in [0.1, 0.15) is 11.0 Å². The van der Waals surface area contributed by atoms with E-state index in [2.05, 4.69) is 145 Å². The standard InChI is InChI=1S/C51H34N4O2S/c1-51(2)37-15-3-7-19-41(37)54(42-20-8-4-16-38(42)51)31-27-33-34(35(29-31)49-52-39-17-5-11-23-45(39)56-49)28-32(30-36(33)50-53-40-18-6-12-24-46(40)57-50)55-43-21-9-13-25-47(43)58-48-26-14-10-22-44(48)55/h3-30H,1-2H3. The average molecular weight is 767 g/mol. The minimum atomic E-state index is -0.207. The maximum atomic E-state index is 6.68. The number of rotatable bonds is 4. The number of hydrogen-bond acceptors (Lipinski definition) is 7. The Bertz CT molecular complexity index is 3130. The molecule has 4 heterocycles. The van der Waals surface area contributed by atoms with Crippen molar-refractivity contribution in [3.63, 3.8) is 0 Å². The van der Waals surface area contributed by atoms with Crippen LogP contribution in [0.5, 0.6) is 0 Å². The fourth-order valence-corrected chi connectivity index (χ4v) is 10.0. The van der Waals surface area contributed by atoms with Gasteiger partial charge in [-0.1, -0.05) is 111 Å². The first-order valence-corrected chi connectivity index (χ1v) is 20.3. The summed E-state index contributed by atoms with van der Waals surface area (Å²) < 4.78 is 13.4. The van der Waals surface area contributed by atoms with Crippen molar-refractivity contribution in [1.82, 2.24) is 9.97 Å². The zero-order valence-corrected chi connectivity index (χ0v) is 32.5. The van der Waals surface area contributed by atoms with Crippen molar-refractivity contribution in [3.05, 3.63) is 181 Å². The van der Waals surface area contributed by atoms with Gasteiger partial charge < -0.3 is 18.6 Å². The smallest absolute Gasteiger partial charge is 0.228 e. The molecule has 0 saturated carbocycles. The van der Waals surface area contributed by atoms with E-state index in [1.54, 1.807) is 11.8 Å². The minimum Gasteiger partial charge on any atom is -0.436 e. The van der Waals surface area contributed by atoms with Gasteiger partial charge in [-0.3, -0.25) is 0 Å². The second kappa shape index (κ2) is 12.5. The van der Waals surface area contributed by atoms with E-state index in [0.29, 0.717) is 11.8 Å². The first kappa shape index (κ1) is 33.1. The molecule has 276 valence electrons. The van der Waals surface area contributed by atoms with Crippen LogP contribution in [-0.4, -0.2) is 9.97 Å². The van der Waals surface area contributed by atoms with E-state index in [0.717, 1.165) is 78.2 Å². The van der Waals surface area contributed by atoms with Crippen LogP contribution >= 0.6 is 11.8 Å². The Morgan fingerprint density at radius 2 is 0.845 bits per heavy atom. The Morgan fingerprint density at radius 1 is 0.448 bits per heavy atom. The molecule has 6 nitrogen and oxygen atoms in total. The average Bonchev–Trinajstić information content (AvgIpc) is 3.90. The zero-order chi connectivity index (χ0) is 38.5. The summed E-state index contributed by atoms with van der Waals surface area (Å²) in [6.07, 6.45) is 0. The Balaban J connectivity index is 1.21. The molecule has 0 radical (unpaired) electrons. The quantitative estimate of drug-likeness (QED) is 0.177. The van der Waals surface area contributed by atoms with Crippen molar-refractivity contribution in [3.8, 4) is 22.9 Å². The molecule has 2 aromatic heterocycles. The van der Waals surface area contributed by atoms with Gasteiger partial charge in [0, 0.05) is 37.7 Å². The number of benzene rings is 8. The van der Waals surface area contributed by atoms with Crippen LogP contribution < -0.4 is 9.80 Å². The van der Waals surface area contributed by atoms with Gasteiger partial charge in [0.2, 0.25) is 11.8 Å². The van der Waals surface area contributed by atoms with Crippen molar-refractivity contribution < 1.29 is 8.83 Å². The third-order valence-electron chi connectivity index (χ3n) is 11.7. The summed E-state index contributed by atoms with van der Waals surface area (Å²) in [7, 11) is 0. The fraction of sp³-hybridized carbons (Fsp3) is 0.0588. The molecule has 2 aliphatic heterocycles. The van der Waals surface area contributed by atoms with E-state index in [1.807, 2.05) is 48.5 Å². The molecule has 0 aliphatic carbocycles. The van der Waals surface area contributed by atoms with Crippen LogP contribution in [0.1, 0.15) is 25.0 Å². The number of aromatic nitrogens is 2. The molecular weight excluding hydrogens is 733 g/mol. The van der Waals surface area contributed by atoms with E-state index in [9.17, 15) is 0 Å². The van der Waals surface area contributed by atoms with Gasteiger partial charge in [-0.15, -0.1) is 0 Å². The fourth-order valence-electron chi connectivity index (χ4n) is 8.95. The van der Waals surface area contributed by atoms with E-state index < -0.39 is 0 Å². The molecule has 0 N–H and O–H groups in total. The van der Waals surface area contributed by atoms with Crippen molar-refractivity contribution in [2.75, 3.05) is 9.80 Å². The first-order valence-electron chi connectivity index (χ1n) is 19.5. The monoisotopic (exact) mass is 766 g/mol. The molecule has 0 saturated heterocycles. The highest BCUT2D eigenvalue weighted by molar-refractivity contribution is 7.99. The Hall–Kier alpha value is -7.09. The number of oxazole rings is 2. The molecule has 0 atom stereocenters. The number of nitrogens with zero attached hydrogens (tertiary/aromatic N) is 4. The summed E-state index contributed by atoms with van der Waals surface area (Å²) in [5.74, 6) is 1.09. The zero-order valence-electron chi connectivity index (χ0n) is 31.7. The lowest BCUT2D eigenvalue weighted by Gasteiger charge is -2.42. The maximum absolute atomic E-state index is 6.68.